The summed E-state index contributed by atoms with van der Waals surface area (Å²) in [6.07, 6.45) is 3.25. The van der Waals surface area contributed by atoms with Crippen LogP contribution in [-0.2, 0) is 19.5 Å². The summed E-state index contributed by atoms with van der Waals surface area (Å²) >= 11 is 0. The Labute approximate surface area is 146 Å². The summed E-state index contributed by atoms with van der Waals surface area (Å²) < 4.78 is 8.01. The molecule has 0 bridgehead atoms. The van der Waals surface area contributed by atoms with Gasteiger partial charge in [0.2, 0.25) is 0 Å². The van der Waals surface area contributed by atoms with E-state index in [-0.39, 0.29) is 5.91 Å². The molecule has 1 aromatic carbocycles. The van der Waals surface area contributed by atoms with Crippen LogP contribution in [0.5, 0.6) is 0 Å². The van der Waals surface area contributed by atoms with Crippen LogP contribution in [0, 0.1) is 20.8 Å². The number of carbonyl (C=O) groups excluding carboxylic acids is 1. The van der Waals surface area contributed by atoms with Crippen molar-refractivity contribution in [2.24, 2.45) is 0 Å². The molecule has 0 aliphatic carbocycles. The Morgan fingerprint density at radius 2 is 2.00 bits per heavy atom. The largest absolute Gasteiger partial charge is 0.450 e. The van der Waals surface area contributed by atoms with E-state index >= 15 is 0 Å². The summed E-state index contributed by atoms with van der Waals surface area (Å²) in [4.78, 5) is 12.7. The molecule has 130 valence electrons. The highest BCUT2D eigenvalue weighted by molar-refractivity contribution is 6.00. The van der Waals surface area contributed by atoms with E-state index in [0.717, 1.165) is 65.1 Å². The van der Waals surface area contributed by atoms with Crippen LogP contribution in [0.25, 0.3) is 11.0 Å². The van der Waals surface area contributed by atoms with Gasteiger partial charge in [0.1, 0.15) is 11.4 Å². The Hall–Kier alpha value is -2.63. The second-order valence-corrected chi connectivity index (χ2v) is 6.78. The van der Waals surface area contributed by atoms with Crippen LogP contribution < -0.4 is 5.32 Å². The van der Waals surface area contributed by atoms with Gasteiger partial charge >= 0.3 is 0 Å². The van der Waals surface area contributed by atoms with E-state index < -0.39 is 0 Å². The Morgan fingerprint density at radius 3 is 2.80 bits per heavy atom. The fourth-order valence-corrected chi connectivity index (χ4v) is 3.63. The van der Waals surface area contributed by atoms with Gasteiger partial charge < -0.3 is 14.3 Å². The number of carbonyl (C=O) groups is 1. The minimum absolute atomic E-state index is 0.208. The molecule has 3 aromatic rings. The maximum Gasteiger partial charge on any atom is 0.287 e. The molecule has 0 spiro atoms. The molecule has 1 aliphatic heterocycles. The van der Waals surface area contributed by atoms with Crippen LogP contribution in [0.3, 0.4) is 0 Å². The zero-order chi connectivity index (χ0) is 17.6. The van der Waals surface area contributed by atoms with Crippen molar-refractivity contribution >= 4 is 16.9 Å². The van der Waals surface area contributed by atoms with Crippen LogP contribution in [0.4, 0.5) is 0 Å². The number of rotatable bonds is 3. The van der Waals surface area contributed by atoms with E-state index in [1.165, 1.54) is 0 Å². The number of aryl methyl sites for hydroxylation is 4. The van der Waals surface area contributed by atoms with Gasteiger partial charge in [-0.1, -0.05) is 12.1 Å². The van der Waals surface area contributed by atoms with Crippen molar-refractivity contribution in [3.63, 3.8) is 0 Å². The van der Waals surface area contributed by atoms with Gasteiger partial charge in [-0.05, 0) is 44.7 Å². The number of fused-ring (bicyclic) bond motifs is 2. The number of hydrogen-bond donors (Lipinski definition) is 1. The van der Waals surface area contributed by atoms with Gasteiger partial charge in [0.25, 0.3) is 5.91 Å². The van der Waals surface area contributed by atoms with Gasteiger partial charge in [0, 0.05) is 23.9 Å². The molecule has 2 aromatic heterocycles. The van der Waals surface area contributed by atoms with Gasteiger partial charge in [-0.2, -0.15) is 0 Å². The van der Waals surface area contributed by atoms with Crippen LogP contribution in [0.2, 0.25) is 0 Å². The van der Waals surface area contributed by atoms with E-state index in [9.17, 15) is 4.79 Å². The van der Waals surface area contributed by atoms with Gasteiger partial charge in [0.15, 0.2) is 11.6 Å². The zero-order valence-corrected chi connectivity index (χ0v) is 14.8. The second-order valence-electron chi connectivity index (χ2n) is 6.78. The maximum atomic E-state index is 12.7. The van der Waals surface area contributed by atoms with E-state index in [2.05, 4.69) is 26.1 Å². The molecule has 0 fully saturated rings. The number of benzene rings is 1. The van der Waals surface area contributed by atoms with Crippen LogP contribution in [0.15, 0.2) is 16.5 Å². The fraction of sp³-hybridized carbons (Fsp3) is 0.421. The highest BCUT2D eigenvalue weighted by Crippen LogP contribution is 2.30. The number of aromatic nitrogens is 3. The van der Waals surface area contributed by atoms with Crippen LogP contribution in [-0.4, -0.2) is 20.7 Å². The molecule has 0 saturated carbocycles. The van der Waals surface area contributed by atoms with Gasteiger partial charge in [0.05, 0.1) is 6.54 Å². The SMILES string of the molecule is Cc1ccc(C)c2c(C)c(C(=O)NCc3nnc4n3CCCC4)oc12. The first-order chi connectivity index (χ1) is 12.1. The van der Waals surface area contributed by atoms with Crippen molar-refractivity contribution in [3.05, 3.63) is 46.2 Å². The molecule has 0 unspecified atom stereocenters. The summed E-state index contributed by atoms with van der Waals surface area (Å²) in [5, 5.41) is 12.4. The highest BCUT2D eigenvalue weighted by Gasteiger charge is 2.21. The van der Waals surface area contributed by atoms with Crippen molar-refractivity contribution in [2.75, 3.05) is 0 Å². The lowest BCUT2D eigenvalue weighted by atomic mass is 10.0. The van der Waals surface area contributed by atoms with Gasteiger partial charge in [-0.15, -0.1) is 10.2 Å². The van der Waals surface area contributed by atoms with Crippen molar-refractivity contribution in [3.8, 4) is 0 Å². The molecular formula is C19H22N4O2. The minimum atomic E-state index is -0.208. The standard InChI is InChI=1S/C19H22N4O2/c1-11-7-8-12(2)17-16(11)13(3)18(25-17)19(24)20-10-15-22-21-14-6-4-5-9-23(14)15/h7-8H,4-6,9-10H2,1-3H3,(H,20,24). The third kappa shape index (κ3) is 2.62. The van der Waals surface area contributed by atoms with Crippen molar-refractivity contribution in [1.29, 1.82) is 0 Å². The monoisotopic (exact) mass is 338 g/mol. The normalized spacial score (nSPS) is 13.9. The molecule has 6 heteroatoms. The first-order valence-electron chi connectivity index (χ1n) is 8.74. The Kier molecular flexibility index (Phi) is 3.82. The van der Waals surface area contributed by atoms with Crippen LogP contribution in [0.1, 0.15) is 51.7 Å². The molecular weight excluding hydrogens is 316 g/mol. The average molecular weight is 338 g/mol. The number of nitrogens with one attached hydrogen (secondary N) is 1. The summed E-state index contributed by atoms with van der Waals surface area (Å²) in [7, 11) is 0. The number of amides is 1. The first-order valence-corrected chi connectivity index (χ1v) is 8.74. The lowest BCUT2D eigenvalue weighted by molar-refractivity contribution is 0.0923. The van der Waals surface area contributed by atoms with E-state index in [1.54, 1.807) is 0 Å². The van der Waals surface area contributed by atoms with E-state index in [1.807, 2.05) is 26.8 Å². The summed E-state index contributed by atoms with van der Waals surface area (Å²) in [6.45, 7) is 7.26. The molecule has 1 amide bonds. The predicted octanol–water partition coefficient (Wildman–Crippen LogP) is 3.22. The topological polar surface area (TPSA) is 73.0 Å². The fourth-order valence-electron chi connectivity index (χ4n) is 3.63. The minimum Gasteiger partial charge on any atom is -0.450 e. The van der Waals surface area contributed by atoms with Gasteiger partial charge in [-0.25, -0.2) is 0 Å². The van der Waals surface area contributed by atoms with Gasteiger partial charge in [-0.3, -0.25) is 4.79 Å². The summed E-state index contributed by atoms with van der Waals surface area (Å²) in [5.74, 6) is 2.00. The number of nitrogens with zero attached hydrogens (tertiary/aromatic N) is 3. The smallest absolute Gasteiger partial charge is 0.287 e. The zero-order valence-electron chi connectivity index (χ0n) is 14.8. The molecule has 0 saturated heterocycles. The van der Waals surface area contributed by atoms with Crippen molar-refractivity contribution in [2.45, 2.75) is 53.1 Å². The molecule has 6 nitrogen and oxygen atoms in total. The van der Waals surface area contributed by atoms with Crippen molar-refractivity contribution < 1.29 is 9.21 Å². The molecule has 25 heavy (non-hydrogen) atoms. The molecule has 1 N–H and O–H groups in total. The maximum absolute atomic E-state index is 12.7. The lowest BCUT2D eigenvalue weighted by Crippen LogP contribution is -2.25. The predicted molar refractivity (Wildman–Crippen MR) is 94.6 cm³/mol. The first kappa shape index (κ1) is 15.9. The number of furan rings is 1. The average Bonchev–Trinajstić information content (AvgIpc) is 3.18. The van der Waals surface area contributed by atoms with E-state index in [0.29, 0.717) is 12.3 Å². The third-order valence-electron chi connectivity index (χ3n) is 5.03. The van der Waals surface area contributed by atoms with Crippen molar-refractivity contribution in [1.82, 2.24) is 20.1 Å². The third-order valence-corrected chi connectivity index (χ3v) is 5.03. The Morgan fingerprint density at radius 1 is 1.20 bits per heavy atom. The van der Waals surface area contributed by atoms with Crippen LogP contribution >= 0.6 is 0 Å². The highest BCUT2D eigenvalue weighted by atomic mass is 16.3. The Balaban J connectivity index is 1.59. The Bertz CT molecular complexity index is 968. The molecule has 0 atom stereocenters. The number of hydrogen-bond acceptors (Lipinski definition) is 4. The quantitative estimate of drug-likeness (QED) is 0.796. The summed E-state index contributed by atoms with van der Waals surface area (Å²) in [5.41, 5.74) is 3.83. The lowest BCUT2D eigenvalue weighted by Gasteiger charge is -2.14. The summed E-state index contributed by atoms with van der Waals surface area (Å²) in [6, 6.07) is 4.08. The molecule has 1 aliphatic rings. The van der Waals surface area contributed by atoms with E-state index in [4.69, 9.17) is 4.42 Å². The molecule has 4 rings (SSSR count). The molecule has 0 radical (unpaired) electrons. The molecule has 3 heterocycles. The second kappa shape index (κ2) is 6.02.